The van der Waals surface area contributed by atoms with Crippen molar-refractivity contribution in [1.29, 1.82) is 0 Å². The van der Waals surface area contributed by atoms with Gasteiger partial charge in [0, 0.05) is 12.2 Å². The van der Waals surface area contributed by atoms with Crippen LogP contribution in [-0.2, 0) is 23.9 Å². The van der Waals surface area contributed by atoms with Crippen LogP contribution in [0.25, 0.3) is 0 Å². The Morgan fingerprint density at radius 2 is 1.82 bits per heavy atom. The molecule has 3 fully saturated rings. The van der Waals surface area contributed by atoms with Crippen LogP contribution in [0.3, 0.4) is 0 Å². The van der Waals surface area contributed by atoms with Crippen LogP contribution in [0, 0.1) is 30.6 Å². The first-order valence-electron chi connectivity index (χ1n) is 9.81. The van der Waals surface area contributed by atoms with Crippen LogP contribution in [0.5, 0.6) is 0 Å². The van der Waals surface area contributed by atoms with Gasteiger partial charge in [-0.3, -0.25) is 24.1 Å². The van der Waals surface area contributed by atoms with Crippen molar-refractivity contribution in [2.45, 2.75) is 32.6 Å². The number of imide groups is 1. The number of carbonyl (C=O) groups is 4. The molecule has 28 heavy (non-hydrogen) atoms. The Labute approximate surface area is 163 Å². The maximum Gasteiger partial charge on any atom is 0.308 e. The van der Waals surface area contributed by atoms with Gasteiger partial charge in [0.15, 0.2) is 6.61 Å². The molecular formula is C21H24N2O5. The van der Waals surface area contributed by atoms with E-state index in [2.05, 4.69) is 5.32 Å². The molecule has 4 atom stereocenters. The lowest BCUT2D eigenvalue weighted by molar-refractivity contribution is -0.149. The number of carbonyl (C=O) groups excluding carboxylic acids is 4. The molecule has 1 saturated heterocycles. The van der Waals surface area contributed by atoms with Gasteiger partial charge in [-0.2, -0.15) is 0 Å². The molecule has 3 aliphatic rings. The molecule has 0 radical (unpaired) electrons. The minimum absolute atomic E-state index is 0.0302. The van der Waals surface area contributed by atoms with Gasteiger partial charge in [-0.1, -0.05) is 12.1 Å². The second-order valence-corrected chi connectivity index (χ2v) is 8.04. The van der Waals surface area contributed by atoms with E-state index in [4.69, 9.17) is 4.74 Å². The highest BCUT2D eigenvalue weighted by molar-refractivity contribution is 6.06. The number of hydrogen-bond donors (Lipinski definition) is 1. The summed E-state index contributed by atoms with van der Waals surface area (Å²) >= 11 is 0. The van der Waals surface area contributed by atoms with Crippen LogP contribution in [-0.4, -0.2) is 41.7 Å². The SMILES string of the molecule is Cc1cccc(NC(=O)COC(=O)CCN2C(=O)[C@@H]3[C@H]4CC[C@@H](C4)[C@@H]3C2=O)c1. The molecule has 1 aromatic carbocycles. The number of benzene rings is 1. The number of anilines is 1. The van der Waals surface area contributed by atoms with Crippen molar-refractivity contribution >= 4 is 29.4 Å². The first-order chi connectivity index (χ1) is 13.4. The van der Waals surface area contributed by atoms with E-state index in [1.807, 2.05) is 25.1 Å². The van der Waals surface area contributed by atoms with E-state index in [0.717, 1.165) is 24.8 Å². The minimum atomic E-state index is -0.597. The number of nitrogens with one attached hydrogen (secondary N) is 1. The van der Waals surface area contributed by atoms with E-state index in [1.54, 1.807) is 6.07 Å². The van der Waals surface area contributed by atoms with Gasteiger partial charge in [0.1, 0.15) is 0 Å². The Morgan fingerprint density at radius 1 is 1.14 bits per heavy atom. The molecule has 2 bridgehead atoms. The summed E-state index contributed by atoms with van der Waals surface area (Å²) in [4.78, 5) is 50.3. The number of amides is 3. The van der Waals surface area contributed by atoms with E-state index < -0.39 is 18.5 Å². The second kappa shape index (κ2) is 7.37. The van der Waals surface area contributed by atoms with Crippen molar-refractivity contribution in [1.82, 2.24) is 4.90 Å². The Morgan fingerprint density at radius 3 is 2.46 bits per heavy atom. The number of nitrogens with zero attached hydrogens (tertiary/aromatic N) is 1. The molecule has 1 aromatic rings. The lowest BCUT2D eigenvalue weighted by Crippen LogP contribution is -2.35. The summed E-state index contributed by atoms with van der Waals surface area (Å²) in [6.45, 7) is 1.54. The molecule has 1 aliphatic heterocycles. The monoisotopic (exact) mass is 384 g/mol. The maximum absolute atomic E-state index is 12.6. The summed E-state index contributed by atoms with van der Waals surface area (Å²) in [6, 6.07) is 7.30. The first-order valence-corrected chi connectivity index (χ1v) is 9.81. The van der Waals surface area contributed by atoms with Gasteiger partial charge in [0.25, 0.3) is 5.91 Å². The molecular weight excluding hydrogens is 360 g/mol. The summed E-state index contributed by atoms with van der Waals surface area (Å²) in [5.74, 6) is -0.995. The van der Waals surface area contributed by atoms with Crippen molar-refractivity contribution in [3.05, 3.63) is 29.8 Å². The highest BCUT2D eigenvalue weighted by Crippen LogP contribution is 2.56. The van der Waals surface area contributed by atoms with Crippen LogP contribution in [0.15, 0.2) is 24.3 Å². The zero-order chi connectivity index (χ0) is 19.8. The van der Waals surface area contributed by atoms with Crippen molar-refractivity contribution in [2.75, 3.05) is 18.5 Å². The smallest absolute Gasteiger partial charge is 0.308 e. The predicted octanol–water partition coefficient (Wildman–Crippen LogP) is 1.90. The third kappa shape index (κ3) is 3.41. The lowest BCUT2D eigenvalue weighted by Gasteiger charge is -2.19. The van der Waals surface area contributed by atoms with Crippen LogP contribution in [0.4, 0.5) is 5.69 Å². The lowest BCUT2D eigenvalue weighted by atomic mass is 9.81. The van der Waals surface area contributed by atoms with Crippen molar-refractivity contribution in [3.63, 3.8) is 0 Å². The van der Waals surface area contributed by atoms with Crippen LogP contribution in [0.2, 0.25) is 0 Å². The van der Waals surface area contributed by atoms with Gasteiger partial charge in [0.2, 0.25) is 11.8 Å². The Bertz CT molecular complexity index is 808. The predicted molar refractivity (Wildman–Crippen MR) is 99.9 cm³/mol. The second-order valence-electron chi connectivity index (χ2n) is 8.04. The topological polar surface area (TPSA) is 92.8 Å². The number of esters is 1. The zero-order valence-electron chi connectivity index (χ0n) is 15.8. The molecule has 7 nitrogen and oxygen atoms in total. The number of likely N-dealkylation sites (tertiary alicyclic amines) is 1. The summed E-state index contributed by atoms with van der Waals surface area (Å²) in [5, 5.41) is 2.66. The number of fused-ring (bicyclic) bond motifs is 5. The third-order valence-electron chi connectivity index (χ3n) is 6.22. The minimum Gasteiger partial charge on any atom is -0.456 e. The molecule has 7 heteroatoms. The molecule has 3 amide bonds. The molecule has 148 valence electrons. The molecule has 0 spiro atoms. The third-order valence-corrected chi connectivity index (χ3v) is 6.22. The zero-order valence-corrected chi connectivity index (χ0v) is 15.8. The number of rotatable bonds is 6. The van der Waals surface area contributed by atoms with Gasteiger partial charge in [0.05, 0.1) is 18.3 Å². The molecule has 0 aromatic heterocycles. The van der Waals surface area contributed by atoms with Gasteiger partial charge in [-0.15, -0.1) is 0 Å². The van der Waals surface area contributed by atoms with E-state index in [1.165, 1.54) is 4.90 Å². The Kier molecular flexibility index (Phi) is 4.91. The summed E-state index contributed by atoms with van der Waals surface area (Å²) < 4.78 is 4.98. The average molecular weight is 384 g/mol. The summed E-state index contributed by atoms with van der Waals surface area (Å²) in [6.07, 6.45) is 2.94. The molecule has 1 N–H and O–H groups in total. The molecule has 2 aliphatic carbocycles. The highest BCUT2D eigenvalue weighted by atomic mass is 16.5. The Balaban J connectivity index is 1.23. The standard InChI is InChI=1S/C21H24N2O5/c1-12-3-2-4-15(9-12)22-16(24)11-28-17(25)7-8-23-20(26)18-13-5-6-14(10-13)19(18)21(23)27/h2-4,9,13-14,18-19H,5-8,10-11H2,1H3,(H,22,24)/t13-,14-,18-,19+/m0/s1. The number of ether oxygens (including phenoxy) is 1. The quantitative estimate of drug-likeness (QED) is 0.597. The summed E-state index contributed by atoms with van der Waals surface area (Å²) in [7, 11) is 0. The highest BCUT2D eigenvalue weighted by Gasteiger charge is 2.60. The fraction of sp³-hybridized carbons (Fsp3) is 0.524. The van der Waals surface area contributed by atoms with E-state index in [0.29, 0.717) is 17.5 Å². The number of hydrogen-bond acceptors (Lipinski definition) is 5. The van der Waals surface area contributed by atoms with Gasteiger partial charge >= 0.3 is 5.97 Å². The molecule has 1 heterocycles. The fourth-order valence-corrected chi connectivity index (χ4v) is 5.03. The van der Waals surface area contributed by atoms with E-state index in [9.17, 15) is 19.2 Å². The van der Waals surface area contributed by atoms with Crippen LogP contribution < -0.4 is 5.32 Å². The maximum atomic E-state index is 12.6. The van der Waals surface area contributed by atoms with Crippen molar-refractivity contribution in [2.24, 2.45) is 23.7 Å². The fourth-order valence-electron chi connectivity index (χ4n) is 5.03. The van der Waals surface area contributed by atoms with Gasteiger partial charge in [-0.05, 0) is 55.7 Å². The summed E-state index contributed by atoms with van der Waals surface area (Å²) in [5.41, 5.74) is 1.64. The normalized spacial score (nSPS) is 27.8. The van der Waals surface area contributed by atoms with Gasteiger partial charge in [-0.25, -0.2) is 0 Å². The molecule has 0 unspecified atom stereocenters. The van der Waals surface area contributed by atoms with Crippen LogP contribution in [0.1, 0.15) is 31.2 Å². The van der Waals surface area contributed by atoms with E-state index >= 15 is 0 Å². The average Bonchev–Trinajstić information content (AvgIpc) is 3.33. The molecule has 4 rings (SSSR count). The number of aryl methyl sites for hydroxylation is 1. The Hall–Kier alpha value is -2.70. The largest absolute Gasteiger partial charge is 0.456 e. The first kappa shape index (κ1) is 18.7. The van der Waals surface area contributed by atoms with Crippen molar-refractivity contribution in [3.8, 4) is 0 Å². The molecule has 2 saturated carbocycles. The van der Waals surface area contributed by atoms with Gasteiger partial charge < -0.3 is 10.1 Å². The van der Waals surface area contributed by atoms with Crippen molar-refractivity contribution < 1.29 is 23.9 Å². The van der Waals surface area contributed by atoms with E-state index in [-0.39, 0.29) is 36.6 Å². The van der Waals surface area contributed by atoms with Crippen LogP contribution >= 0.6 is 0 Å².